The molecule has 0 N–H and O–H groups in total. The summed E-state index contributed by atoms with van der Waals surface area (Å²) < 4.78 is 0. The predicted octanol–water partition coefficient (Wildman–Crippen LogP) is 2.67. The second-order valence-electron chi connectivity index (χ2n) is 2.64. The molecule has 0 aromatic heterocycles. The van der Waals surface area contributed by atoms with Crippen molar-refractivity contribution in [1.29, 1.82) is 0 Å². The summed E-state index contributed by atoms with van der Waals surface area (Å²) in [6.07, 6.45) is 0.858. The van der Waals surface area contributed by atoms with Crippen LogP contribution in [-0.4, -0.2) is 5.75 Å². The Morgan fingerprint density at radius 1 is 1.42 bits per heavy atom. The van der Waals surface area contributed by atoms with Crippen LogP contribution in [0.1, 0.15) is 17.5 Å². The van der Waals surface area contributed by atoms with Crippen LogP contribution in [0.3, 0.4) is 0 Å². The summed E-state index contributed by atoms with van der Waals surface area (Å²) in [4.78, 5) is 0. The average molecular weight is 176 g/mol. The Kier molecular flexibility index (Phi) is 3.76. The first-order valence-corrected chi connectivity index (χ1v) is 4.62. The number of thiol groups is 1. The molecule has 0 saturated heterocycles. The van der Waals surface area contributed by atoms with Crippen LogP contribution in [0.25, 0.3) is 0 Å². The minimum atomic E-state index is 0.832. The van der Waals surface area contributed by atoms with Gasteiger partial charge >= 0.3 is 0 Å². The van der Waals surface area contributed by atoms with Gasteiger partial charge in [-0.05, 0) is 24.6 Å². The highest BCUT2D eigenvalue weighted by molar-refractivity contribution is 7.80. The topological polar surface area (TPSA) is 0 Å². The summed E-state index contributed by atoms with van der Waals surface area (Å²) in [5.41, 5.74) is 2.35. The third kappa shape index (κ3) is 3.02. The molecule has 0 nitrogen and oxygen atoms in total. The van der Waals surface area contributed by atoms with Crippen LogP contribution in [0.4, 0.5) is 0 Å². The molecule has 0 aliphatic carbocycles. The molecule has 0 atom stereocenters. The first-order valence-electron chi connectivity index (χ1n) is 3.99. The van der Waals surface area contributed by atoms with E-state index in [4.69, 9.17) is 0 Å². The van der Waals surface area contributed by atoms with Gasteiger partial charge in [-0.15, -0.1) is 0 Å². The van der Waals surface area contributed by atoms with Gasteiger partial charge in [0.1, 0.15) is 0 Å². The standard InChI is InChI=1S/C11H12S/c1-10-5-4-7-11(9-10)6-2-3-8-12/h4-5,7,9,12H,3,8H2,1H3. The number of hydrogen-bond donors (Lipinski definition) is 1. The Morgan fingerprint density at radius 3 is 2.92 bits per heavy atom. The lowest BCUT2D eigenvalue weighted by Gasteiger charge is -1.91. The van der Waals surface area contributed by atoms with Crippen LogP contribution in [0.2, 0.25) is 0 Å². The van der Waals surface area contributed by atoms with Crippen molar-refractivity contribution >= 4 is 12.6 Å². The van der Waals surface area contributed by atoms with Gasteiger partial charge in [0.05, 0.1) is 0 Å². The Balaban J connectivity index is 2.71. The highest BCUT2D eigenvalue weighted by Crippen LogP contribution is 2.01. The van der Waals surface area contributed by atoms with Gasteiger partial charge in [-0.2, -0.15) is 12.6 Å². The fourth-order valence-corrected chi connectivity index (χ4v) is 1.06. The lowest BCUT2D eigenvalue weighted by molar-refractivity contribution is 1.31. The molecule has 62 valence electrons. The van der Waals surface area contributed by atoms with Crippen molar-refractivity contribution in [3.63, 3.8) is 0 Å². The molecule has 0 spiro atoms. The molecule has 0 saturated carbocycles. The number of hydrogen-bond acceptors (Lipinski definition) is 1. The molecule has 0 radical (unpaired) electrons. The van der Waals surface area contributed by atoms with Gasteiger partial charge in [0.25, 0.3) is 0 Å². The molecule has 1 heteroatoms. The number of rotatable bonds is 1. The van der Waals surface area contributed by atoms with E-state index < -0.39 is 0 Å². The molecular formula is C11H12S. The Morgan fingerprint density at radius 2 is 2.25 bits per heavy atom. The van der Waals surface area contributed by atoms with Crippen molar-refractivity contribution in [2.75, 3.05) is 5.75 Å². The van der Waals surface area contributed by atoms with Crippen molar-refractivity contribution in [2.24, 2.45) is 0 Å². The van der Waals surface area contributed by atoms with Crippen LogP contribution in [-0.2, 0) is 0 Å². The minimum absolute atomic E-state index is 0.832. The van der Waals surface area contributed by atoms with Gasteiger partial charge in [-0.3, -0.25) is 0 Å². The van der Waals surface area contributed by atoms with E-state index in [2.05, 4.69) is 43.5 Å². The van der Waals surface area contributed by atoms with E-state index >= 15 is 0 Å². The van der Waals surface area contributed by atoms with Crippen LogP contribution in [0.15, 0.2) is 24.3 Å². The summed E-state index contributed by atoms with van der Waals surface area (Å²) in [6, 6.07) is 8.22. The van der Waals surface area contributed by atoms with E-state index in [1.54, 1.807) is 0 Å². The molecule has 0 aliphatic rings. The number of aryl methyl sites for hydroxylation is 1. The van der Waals surface area contributed by atoms with Crippen LogP contribution in [0.5, 0.6) is 0 Å². The molecule has 0 bridgehead atoms. The molecular weight excluding hydrogens is 164 g/mol. The van der Waals surface area contributed by atoms with Gasteiger partial charge in [0.15, 0.2) is 0 Å². The average Bonchev–Trinajstić information content (AvgIpc) is 2.05. The molecule has 12 heavy (non-hydrogen) atoms. The van der Waals surface area contributed by atoms with E-state index in [9.17, 15) is 0 Å². The number of benzene rings is 1. The summed E-state index contributed by atoms with van der Waals surface area (Å²) in [5, 5.41) is 0. The molecule has 1 aromatic rings. The fourth-order valence-electron chi connectivity index (χ4n) is 0.943. The monoisotopic (exact) mass is 176 g/mol. The van der Waals surface area contributed by atoms with Gasteiger partial charge in [-0.1, -0.05) is 24.0 Å². The van der Waals surface area contributed by atoms with Crippen molar-refractivity contribution in [2.45, 2.75) is 13.3 Å². The largest absolute Gasteiger partial charge is 0.178 e. The summed E-state index contributed by atoms with van der Waals surface area (Å²) in [7, 11) is 0. The highest BCUT2D eigenvalue weighted by Gasteiger charge is 1.85. The van der Waals surface area contributed by atoms with E-state index in [1.165, 1.54) is 5.56 Å². The van der Waals surface area contributed by atoms with Crippen LogP contribution >= 0.6 is 12.6 Å². The summed E-state index contributed by atoms with van der Waals surface area (Å²) in [5.74, 6) is 6.97. The quantitative estimate of drug-likeness (QED) is 0.493. The second kappa shape index (κ2) is 4.90. The van der Waals surface area contributed by atoms with Crippen LogP contribution in [0, 0.1) is 18.8 Å². The molecule has 0 fully saturated rings. The van der Waals surface area contributed by atoms with Gasteiger partial charge in [0, 0.05) is 17.7 Å². The van der Waals surface area contributed by atoms with E-state index in [0.717, 1.165) is 17.7 Å². The Hall–Kier alpha value is -0.870. The zero-order chi connectivity index (χ0) is 8.81. The SMILES string of the molecule is Cc1cccc(C#CCCS)c1. The maximum Gasteiger partial charge on any atom is 0.0247 e. The van der Waals surface area contributed by atoms with Gasteiger partial charge < -0.3 is 0 Å². The Bertz CT molecular complexity index is 304. The zero-order valence-electron chi connectivity index (χ0n) is 7.17. The van der Waals surface area contributed by atoms with Crippen LogP contribution < -0.4 is 0 Å². The molecule has 1 rings (SSSR count). The Labute approximate surface area is 79.4 Å². The first-order chi connectivity index (χ1) is 5.83. The van der Waals surface area contributed by atoms with Crippen molar-refractivity contribution in [1.82, 2.24) is 0 Å². The highest BCUT2D eigenvalue weighted by atomic mass is 32.1. The molecule has 1 aromatic carbocycles. The first kappa shape index (κ1) is 9.22. The van der Waals surface area contributed by atoms with Gasteiger partial charge in [0.2, 0.25) is 0 Å². The van der Waals surface area contributed by atoms with Crippen molar-refractivity contribution in [3.8, 4) is 11.8 Å². The molecule has 0 heterocycles. The third-order valence-electron chi connectivity index (χ3n) is 1.49. The lowest BCUT2D eigenvalue weighted by atomic mass is 10.1. The van der Waals surface area contributed by atoms with Gasteiger partial charge in [-0.25, -0.2) is 0 Å². The van der Waals surface area contributed by atoms with E-state index in [-0.39, 0.29) is 0 Å². The fraction of sp³-hybridized carbons (Fsp3) is 0.273. The maximum atomic E-state index is 4.08. The maximum absolute atomic E-state index is 4.08. The summed E-state index contributed by atoms with van der Waals surface area (Å²) in [6.45, 7) is 2.07. The normalized spacial score (nSPS) is 8.83. The van der Waals surface area contributed by atoms with E-state index in [0.29, 0.717) is 0 Å². The van der Waals surface area contributed by atoms with E-state index in [1.807, 2.05) is 12.1 Å². The third-order valence-corrected chi connectivity index (χ3v) is 1.71. The molecule has 0 unspecified atom stereocenters. The predicted molar refractivity (Wildman–Crippen MR) is 56.5 cm³/mol. The molecule has 0 aliphatic heterocycles. The van der Waals surface area contributed by atoms with Crippen molar-refractivity contribution < 1.29 is 0 Å². The minimum Gasteiger partial charge on any atom is -0.178 e. The second-order valence-corrected chi connectivity index (χ2v) is 3.09. The lowest BCUT2D eigenvalue weighted by Crippen LogP contribution is -1.76. The van der Waals surface area contributed by atoms with Crippen molar-refractivity contribution in [3.05, 3.63) is 35.4 Å². The smallest absolute Gasteiger partial charge is 0.0247 e. The summed E-state index contributed by atoms with van der Waals surface area (Å²) >= 11 is 4.08. The zero-order valence-corrected chi connectivity index (χ0v) is 8.07. The molecule has 0 amide bonds.